The van der Waals surface area contributed by atoms with Crippen LogP contribution in [0.5, 0.6) is 0 Å². The van der Waals surface area contributed by atoms with Gasteiger partial charge in [0.2, 0.25) is 0 Å². The van der Waals surface area contributed by atoms with E-state index in [1.54, 1.807) is 16.0 Å². The van der Waals surface area contributed by atoms with Crippen molar-refractivity contribution in [3.63, 3.8) is 0 Å². The molecule has 0 saturated heterocycles. The van der Waals surface area contributed by atoms with Gasteiger partial charge in [0.05, 0.1) is 0 Å². The lowest BCUT2D eigenvalue weighted by Crippen LogP contribution is -2.21. The van der Waals surface area contributed by atoms with Gasteiger partial charge in [-0.2, -0.15) is 0 Å². The van der Waals surface area contributed by atoms with Crippen LogP contribution in [-0.2, 0) is 0 Å². The molecular weight excluding hydrogens is 248 g/mol. The van der Waals surface area contributed by atoms with E-state index in [1.807, 2.05) is 0 Å². The molecule has 1 aliphatic rings. The molecular formula is C18H28S. The monoisotopic (exact) mass is 276 g/mol. The minimum Gasteiger partial charge on any atom is -0.122 e. The summed E-state index contributed by atoms with van der Waals surface area (Å²) in [4.78, 5) is 1.60. The summed E-state index contributed by atoms with van der Waals surface area (Å²) >= 11 is 2.11. The standard InChI is InChI=1S/C18H28S/c1-10(2)15-8-12(5)14(7)18-17(15)16(11(3)4)9-13(6)19-18/h8,10-11,13,16H,9H2,1-7H3/t13-,16?/m1/s1. The van der Waals surface area contributed by atoms with Crippen molar-refractivity contribution in [2.24, 2.45) is 5.92 Å². The van der Waals surface area contributed by atoms with Gasteiger partial charge in [-0.1, -0.05) is 40.7 Å². The van der Waals surface area contributed by atoms with Crippen LogP contribution in [0.3, 0.4) is 0 Å². The first-order chi connectivity index (χ1) is 8.82. The molecule has 1 aromatic rings. The summed E-state index contributed by atoms with van der Waals surface area (Å²) in [6.07, 6.45) is 1.33. The third kappa shape index (κ3) is 2.72. The molecule has 0 radical (unpaired) electrons. The topological polar surface area (TPSA) is 0 Å². The molecule has 2 atom stereocenters. The Kier molecular flexibility index (Phi) is 4.35. The smallest absolute Gasteiger partial charge is 0.0144 e. The van der Waals surface area contributed by atoms with E-state index in [0.29, 0.717) is 5.92 Å². The van der Waals surface area contributed by atoms with Gasteiger partial charge < -0.3 is 0 Å². The van der Waals surface area contributed by atoms with E-state index in [2.05, 4.69) is 66.3 Å². The summed E-state index contributed by atoms with van der Waals surface area (Å²) < 4.78 is 0. The number of hydrogen-bond donors (Lipinski definition) is 0. The molecule has 0 saturated carbocycles. The van der Waals surface area contributed by atoms with Gasteiger partial charge in [-0.25, -0.2) is 0 Å². The fourth-order valence-corrected chi connectivity index (χ4v) is 4.71. The SMILES string of the molecule is Cc1cc(C(C)C)c2c(c1C)S[C@H](C)CC2C(C)C. The lowest BCUT2D eigenvalue weighted by molar-refractivity contribution is 0.450. The molecule has 106 valence electrons. The summed E-state index contributed by atoms with van der Waals surface area (Å²) in [5.41, 5.74) is 6.25. The van der Waals surface area contributed by atoms with Crippen molar-refractivity contribution in [1.29, 1.82) is 0 Å². The normalized spacial score (nSPS) is 23.0. The van der Waals surface area contributed by atoms with E-state index < -0.39 is 0 Å². The van der Waals surface area contributed by atoms with Gasteiger partial charge in [0, 0.05) is 10.1 Å². The molecule has 1 heteroatoms. The van der Waals surface area contributed by atoms with Crippen molar-refractivity contribution in [2.45, 2.75) is 76.9 Å². The molecule has 0 N–H and O–H groups in total. The van der Waals surface area contributed by atoms with Gasteiger partial charge in [0.25, 0.3) is 0 Å². The Hall–Kier alpha value is -0.430. The van der Waals surface area contributed by atoms with Crippen molar-refractivity contribution >= 4 is 11.8 Å². The summed E-state index contributed by atoms with van der Waals surface area (Å²) in [5, 5.41) is 0.750. The van der Waals surface area contributed by atoms with Crippen molar-refractivity contribution < 1.29 is 0 Å². The first-order valence-corrected chi connectivity index (χ1v) is 8.51. The average molecular weight is 276 g/mol. The number of fused-ring (bicyclic) bond motifs is 1. The summed E-state index contributed by atoms with van der Waals surface area (Å²) in [6.45, 7) is 16.4. The lowest BCUT2D eigenvalue weighted by atomic mass is 9.78. The minimum absolute atomic E-state index is 0.628. The van der Waals surface area contributed by atoms with Crippen LogP contribution in [0.1, 0.15) is 75.1 Å². The van der Waals surface area contributed by atoms with Gasteiger partial charge in [-0.05, 0) is 60.3 Å². The number of benzene rings is 1. The second kappa shape index (κ2) is 5.52. The second-order valence-electron chi connectivity index (χ2n) is 6.82. The van der Waals surface area contributed by atoms with E-state index in [4.69, 9.17) is 0 Å². The molecule has 0 aliphatic carbocycles. The molecule has 1 aromatic carbocycles. The molecule has 19 heavy (non-hydrogen) atoms. The van der Waals surface area contributed by atoms with Crippen LogP contribution < -0.4 is 0 Å². The zero-order valence-corrected chi connectivity index (χ0v) is 14.3. The average Bonchev–Trinajstić information content (AvgIpc) is 2.32. The molecule has 0 aromatic heterocycles. The molecule has 0 bridgehead atoms. The predicted octanol–water partition coefficient (Wildman–Crippen LogP) is 6.05. The number of hydrogen-bond acceptors (Lipinski definition) is 1. The molecule has 1 heterocycles. The molecule has 1 aliphatic heterocycles. The Bertz CT molecular complexity index is 471. The van der Waals surface area contributed by atoms with Crippen molar-refractivity contribution in [2.75, 3.05) is 0 Å². The Morgan fingerprint density at radius 2 is 1.79 bits per heavy atom. The molecule has 0 amide bonds. The summed E-state index contributed by atoms with van der Waals surface area (Å²) in [7, 11) is 0. The zero-order chi connectivity index (χ0) is 14.3. The highest BCUT2D eigenvalue weighted by Gasteiger charge is 2.31. The first kappa shape index (κ1) is 15.0. The maximum absolute atomic E-state index is 2.45. The number of aryl methyl sites for hydroxylation is 1. The number of thioether (sulfide) groups is 1. The molecule has 0 nitrogen and oxygen atoms in total. The van der Waals surface area contributed by atoms with E-state index in [1.165, 1.54) is 17.5 Å². The summed E-state index contributed by atoms with van der Waals surface area (Å²) in [5.74, 6) is 2.10. The van der Waals surface area contributed by atoms with Gasteiger partial charge in [0.15, 0.2) is 0 Å². The lowest BCUT2D eigenvalue weighted by Gasteiger charge is -2.36. The second-order valence-corrected chi connectivity index (χ2v) is 8.27. The number of rotatable bonds is 2. The largest absolute Gasteiger partial charge is 0.122 e. The van der Waals surface area contributed by atoms with E-state index in [-0.39, 0.29) is 0 Å². The highest BCUT2D eigenvalue weighted by atomic mass is 32.2. The van der Waals surface area contributed by atoms with E-state index >= 15 is 0 Å². The van der Waals surface area contributed by atoms with Gasteiger partial charge in [-0.3, -0.25) is 0 Å². The quantitative estimate of drug-likeness (QED) is 0.633. The van der Waals surface area contributed by atoms with Crippen LogP contribution in [0.2, 0.25) is 0 Å². The van der Waals surface area contributed by atoms with Gasteiger partial charge in [-0.15, -0.1) is 11.8 Å². The van der Waals surface area contributed by atoms with E-state index in [0.717, 1.165) is 17.1 Å². The van der Waals surface area contributed by atoms with Crippen molar-refractivity contribution in [3.8, 4) is 0 Å². The van der Waals surface area contributed by atoms with Crippen LogP contribution >= 0.6 is 11.8 Å². The maximum Gasteiger partial charge on any atom is 0.0144 e. The fraction of sp³-hybridized carbons (Fsp3) is 0.667. The molecule has 2 rings (SSSR count). The van der Waals surface area contributed by atoms with Crippen LogP contribution in [0.4, 0.5) is 0 Å². The van der Waals surface area contributed by atoms with Gasteiger partial charge >= 0.3 is 0 Å². The Balaban J connectivity index is 2.68. The Labute approximate surface area is 123 Å². The van der Waals surface area contributed by atoms with Crippen LogP contribution in [0.15, 0.2) is 11.0 Å². The van der Waals surface area contributed by atoms with Crippen LogP contribution in [0.25, 0.3) is 0 Å². The van der Waals surface area contributed by atoms with Gasteiger partial charge in [0.1, 0.15) is 0 Å². The maximum atomic E-state index is 2.45. The molecule has 1 unspecified atom stereocenters. The Morgan fingerprint density at radius 1 is 1.16 bits per heavy atom. The highest BCUT2D eigenvalue weighted by molar-refractivity contribution is 8.00. The third-order valence-electron chi connectivity index (χ3n) is 4.56. The van der Waals surface area contributed by atoms with Crippen molar-refractivity contribution in [1.82, 2.24) is 0 Å². The summed E-state index contributed by atoms with van der Waals surface area (Å²) in [6, 6.07) is 2.45. The zero-order valence-electron chi connectivity index (χ0n) is 13.5. The van der Waals surface area contributed by atoms with E-state index in [9.17, 15) is 0 Å². The van der Waals surface area contributed by atoms with Crippen LogP contribution in [0, 0.1) is 19.8 Å². The Morgan fingerprint density at radius 3 is 2.32 bits per heavy atom. The fourth-order valence-electron chi connectivity index (χ4n) is 3.27. The van der Waals surface area contributed by atoms with Crippen molar-refractivity contribution in [3.05, 3.63) is 28.3 Å². The highest BCUT2D eigenvalue weighted by Crippen LogP contribution is 2.49. The minimum atomic E-state index is 0.628. The predicted molar refractivity (Wildman–Crippen MR) is 87.5 cm³/mol. The third-order valence-corrected chi connectivity index (χ3v) is 5.92. The first-order valence-electron chi connectivity index (χ1n) is 7.63. The van der Waals surface area contributed by atoms with Crippen LogP contribution in [-0.4, -0.2) is 5.25 Å². The molecule has 0 fully saturated rings. The molecule has 0 spiro atoms.